The highest BCUT2D eigenvalue weighted by molar-refractivity contribution is 5.85. The van der Waals surface area contributed by atoms with Gasteiger partial charge in [-0.05, 0) is 43.0 Å². The first kappa shape index (κ1) is 14.4. The van der Waals surface area contributed by atoms with Crippen molar-refractivity contribution in [3.63, 3.8) is 0 Å². The van der Waals surface area contributed by atoms with Gasteiger partial charge in [0, 0.05) is 10.9 Å². The van der Waals surface area contributed by atoms with Gasteiger partial charge in [0.25, 0.3) is 0 Å². The molecule has 0 unspecified atom stereocenters. The third kappa shape index (κ3) is 3.01. The second-order valence-corrected chi connectivity index (χ2v) is 6.91. The van der Waals surface area contributed by atoms with Crippen LogP contribution in [0.1, 0.15) is 36.8 Å². The normalized spacial score (nSPS) is 15.3. The molecule has 2 aromatic carbocycles. The molecule has 3 aromatic rings. The second-order valence-electron chi connectivity index (χ2n) is 6.91. The van der Waals surface area contributed by atoms with Crippen molar-refractivity contribution in [1.29, 1.82) is 0 Å². The van der Waals surface area contributed by atoms with Crippen molar-refractivity contribution in [2.45, 2.75) is 39.0 Å². The summed E-state index contributed by atoms with van der Waals surface area (Å²) in [6.07, 6.45) is 6.77. The van der Waals surface area contributed by atoms with Crippen LogP contribution in [0.2, 0.25) is 0 Å². The van der Waals surface area contributed by atoms with Crippen molar-refractivity contribution >= 4 is 10.9 Å². The number of para-hydroxylation sites is 1. The van der Waals surface area contributed by atoms with Crippen LogP contribution in [0.4, 0.5) is 0 Å². The highest BCUT2D eigenvalue weighted by atomic mass is 14.7. The molecule has 1 nitrogen and oxygen atoms in total. The number of benzene rings is 2. The third-order valence-electron chi connectivity index (χ3n) is 5.10. The summed E-state index contributed by atoms with van der Waals surface area (Å²) in [7, 11) is 0. The van der Waals surface area contributed by atoms with E-state index in [4.69, 9.17) is 4.98 Å². The lowest BCUT2D eigenvalue weighted by Gasteiger charge is -2.14. The van der Waals surface area contributed by atoms with Gasteiger partial charge in [-0.3, -0.25) is 0 Å². The Morgan fingerprint density at radius 1 is 0.957 bits per heavy atom. The first-order chi connectivity index (χ1) is 11.3. The Kier molecular flexibility index (Phi) is 3.87. The number of nitrogens with zero attached hydrogens (tertiary/aromatic N) is 1. The highest BCUT2D eigenvalue weighted by Crippen LogP contribution is 2.32. The van der Waals surface area contributed by atoms with Gasteiger partial charge in [-0.25, -0.2) is 4.98 Å². The SMILES string of the molecule is Cc1cccc(-c2cc(CC3CCCC3)c3ccccc3n2)c1. The van der Waals surface area contributed by atoms with E-state index in [0.717, 1.165) is 17.1 Å². The minimum atomic E-state index is 0.853. The van der Waals surface area contributed by atoms with E-state index in [1.807, 2.05) is 0 Å². The van der Waals surface area contributed by atoms with E-state index in [1.54, 1.807) is 0 Å². The van der Waals surface area contributed by atoms with Gasteiger partial charge >= 0.3 is 0 Å². The molecule has 23 heavy (non-hydrogen) atoms. The fourth-order valence-corrected chi connectivity index (χ4v) is 3.89. The van der Waals surface area contributed by atoms with Crippen LogP contribution in [0, 0.1) is 12.8 Å². The van der Waals surface area contributed by atoms with Gasteiger partial charge in [0.2, 0.25) is 0 Å². The molecule has 4 rings (SSSR count). The van der Waals surface area contributed by atoms with Crippen LogP contribution in [0.25, 0.3) is 22.2 Å². The zero-order valence-electron chi connectivity index (χ0n) is 13.8. The molecule has 1 saturated carbocycles. The van der Waals surface area contributed by atoms with Crippen LogP contribution in [0.5, 0.6) is 0 Å². The molecule has 1 heterocycles. The predicted molar refractivity (Wildman–Crippen MR) is 97.6 cm³/mol. The predicted octanol–water partition coefficient (Wildman–Crippen LogP) is 5.94. The zero-order valence-corrected chi connectivity index (χ0v) is 13.8. The summed E-state index contributed by atoms with van der Waals surface area (Å²) in [4.78, 5) is 4.92. The summed E-state index contributed by atoms with van der Waals surface area (Å²) in [6.45, 7) is 2.14. The van der Waals surface area contributed by atoms with E-state index >= 15 is 0 Å². The lowest BCUT2D eigenvalue weighted by Crippen LogP contribution is -2.01. The van der Waals surface area contributed by atoms with E-state index in [1.165, 1.54) is 54.2 Å². The smallest absolute Gasteiger partial charge is 0.0712 e. The summed E-state index contributed by atoms with van der Waals surface area (Å²) in [5, 5.41) is 1.33. The van der Waals surface area contributed by atoms with E-state index in [-0.39, 0.29) is 0 Å². The van der Waals surface area contributed by atoms with Crippen LogP contribution in [0.3, 0.4) is 0 Å². The fourth-order valence-electron chi connectivity index (χ4n) is 3.89. The van der Waals surface area contributed by atoms with Crippen LogP contribution >= 0.6 is 0 Å². The topological polar surface area (TPSA) is 12.9 Å². The van der Waals surface area contributed by atoms with Crippen LogP contribution < -0.4 is 0 Å². The number of pyridine rings is 1. The quantitative estimate of drug-likeness (QED) is 0.583. The van der Waals surface area contributed by atoms with E-state index in [9.17, 15) is 0 Å². The summed E-state index contributed by atoms with van der Waals surface area (Å²) in [5.41, 5.74) is 6.22. The second kappa shape index (κ2) is 6.16. The van der Waals surface area contributed by atoms with Gasteiger partial charge in [0.05, 0.1) is 11.2 Å². The molecule has 0 aliphatic heterocycles. The lowest BCUT2D eigenvalue weighted by atomic mass is 9.94. The van der Waals surface area contributed by atoms with Crippen LogP contribution in [-0.4, -0.2) is 4.98 Å². The molecule has 1 fully saturated rings. The zero-order chi connectivity index (χ0) is 15.6. The average molecular weight is 301 g/mol. The van der Waals surface area contributed by atoms with E-state index < -0.39 is 0 Å². The Balaban J connectivity index is 1.82. The maximum atomic E-state index is 4.92. The molecule has 0 atom stereocenters. The Morgan fingerprint density at radius 2 is 1.78 bits per heavy atom. The largest absolute Gasteiger partial charge is 0.248 e. The molecule has 0 bridgehead atoms. The molecule has 0 spiro atoms. The third-order valence-corrected chi connectivity index (χ3v) is 5.10. The minimum absolute atomic E-state index is 0.853. The molecule has 116 valence electrons. The monoisotopic (exact) mass is 301 g/mol. The molecule has 0 radical (unpaired) electrons. The highest BCUT2D eigenvalue weighted by Gasteiger charge is 2.17. The summed E-state index contributed by atoms with van der Waals surface area (Å²) in [5.74, 6) is 0.853. The van der Waals surface area contributed by atoms with Crippen LogP contribution in [-0.2, 0) is 6.42 Å². The van der Waals surface area contributed by atoms with Gasteiger partial charge in [0.15, 0.2) is 0 Å². The van der Waals surface area contributed by atoms with Crippen molar-refractivity contribution in [1.82, 2.24) is 4.98 Å². The van der Waals surface area contributed by atoms with Crippen molar-refractivity contribution in [3.05, 3.63) is 65.7 Å². The maximum absolute atomic E-state index is 4.92. The number of aromatic nitrogens is 1. The Labute approximate surface area is 138 Å². The molecule has 1 aliphatic rings. The number of fused-ring (bicyclic) bond motifs is 1. The molecule has 1 heteroatoms. The summed E-state index contributed by atoms with van der Waals surface area (Å²) >= 11 is 0. The molecule has 0 N–H and O–H groups in total. The van der Waals surface area contributed by atoms with Crippen molar-refractivity contribution in [3.8, 4) is 11.3 Å². The average Bonchev–Trinajstić information content (AvgIpc) is 3.08. The Morgan fingerprint density at radius 3 is 2.61 bits per heavy atom. The standard InChI is InChI=1S/C22H23N/c1-16-7-6-10-18(13-16)22-15-19(14-17-8-2-3-9-17)20-11-4-5-12-21(20)23-22/h4-7,10-13,15,17H,2-3,8-9,14H2,1H3. The van der Waals surface area contributed by atoms with Crippen molar-refractivity contribution < 1.29 is 0 Å². The molecule has 1 aliphatic carbocycles. The number of rotatable bonds is 3. The van der Waals surface area contributed by atoms with Crippen molar-refractivity contribution in [2.24, 2.45) is 5.92 Å². The van der Waals surface area contributed by atoms with Crippen molar-refractivity contribution in [2.75, 3.05) is 0 Å². The Hall–Kier alpha value is -2.15. The maximum Gasteiger partial charge on any atom is 0.0712 e. The van der Waals surface area contributed by atoms with Crippen LogP contribution in [0.15, 0.2) is 54.6 Å². The Bertz CT molecular complexity index is 828. The first-order valence-corrected chi connectivity index (χ1v) is 8.75. The van der Waals surface area contributed by atoms with Gasteiger partial charge in [-0.2, -0.15) is 0 Å². The van der Waals surface area contributed by atoms with Gasteiger partial charge < -0.3 is 0 Å². The number of hydrogen-bond acceptors (Lipinski definition) is 1. The number of hydrogen-bond donors (Lipinski definition) is 0. The van der Waals surface area contributed by atoms with E-state index in [2.05, 4.69) is 61.5 Å². The molecular weight excluding hydrogens is 278 g/mol. The molecular formula is C22H23N. The molecule has 0 amide bonds. The molecule has 0 saturated heterocycles. The first-order valence-electron chi connectivity index (χ1n) is 8.75. The number of aryl methyl sites for hydroxylation is 1. The fraction of sp³-hybridized carbons (Fsp3) is 0.318. The van der Waals surface area contributed by atoms with Gasteiger partial charge in [-0.15, -0.1) is 0 Å². The summed E-state index contributed by atoms with van der Waals surface area (Å²) in [6, 6.07) is 19.6. The van der Waals surface area contributed by atoms with E-state index in [0.29, 0.717) is 0 Å². The van der Waals surface area contributed by atoms with Gasteiger partial charge in [0.1, 0.15) is 0 Å². The molecule has 1 aromatic heterocycles. The van der Waals surface area contributed by atoms with Gasteiger partial charge in [-0.1, -0.05) is 67.6 Å². The summed E-state index contributed by atoms with van der Waals surface area (Å²) < 4.78 is 0. The minimum Gasteiger partial charge on any atom is -0.248 e. The lowest BCUT2D eigenvalue weighted by molar-refractivity contribution is 0.548.